The Hall–Kier alpha value is -1.59. The molecule has 0 radical (unpaired) electrons. The molecule has 1 rings (SSSR count). The Bertz CT molecular complexity index is 476. The molecule has 0 unspecified atom stereocenters. The number of esters is 1. The topological polar surface area (TPSA) is 39.2 Å². The van der Waals surface area contributed by atoms with Gasteiger partial charge in [0.1, 0.15) is 5.69 Å². The van der Waals surface area contributed by atoms with E-state index in [-0.39, 0.29) is 17.9 Å². The maximum absolute atomic E-state index is 12.7. The number of pyridine rings is 1. The van der Waals surface area contributed by atoms with Crippen LogP contribution < -0.4 is 0 Å². The number of nitrogens with zero attached hydrogens (tertiary/aromatic N) is 1. The van der Waals surface area contributed by atoms with Gasteiger partial charge < -0.3 is 4.74 Å². The van der Waals surface area contributed by atoms with E-state index in [9.17, 15) is 18.0 Å². The lowest BCUT2D eigenvalue weighted by Gasteiger charge is -2.22. The summed E-state index contributed by atoms with van der Waals surface area (Å²) in [6.45, 7) is 6.87. The molecule has 0 atom stereocenters. The van der Waals surface area contributed by atoms with Gasteiger partial charge in [-0.1, -0.05) is 20.8 Å². The van der Waals surface area contributed by atoms with Gasteiger partial charge in [-0.2, -0.15) is 13.2 Å². The van der Waals surface area contributed by atoms with Gasteiger partial charge in [-0.25, -0.2) is 9.78 Å². The van der Waals surface area contributed by atoms with E-state index in [1.54, 1.807) is 27.7 Å². The van der Waals surface area contributed by atoms with Crippen molar-refractivity contribution >= 4 is 5.97 Å². The molecule has 0 fully saturated rings. The molecular weight excluding hydrogens is 259 g/mol. The second-order valence-electron chi connectivity index (χ2n) is 5.06. The highest BCUT2D eigenvalue weighted by molar-refractivity contribution is 5.91. The molecule has 0 aromatic carbocycles. The van der Waals surface area contributed by atoms with Gasteiger partial charge in [-0.3, -0.25) is 0 Å². The van der Waals surface area contributed by atoms with Crippen molar-refractivity contribution in [2.75, 3.05) is 6.61 Å². The Balaban J connectivity index is 3.38. The van der Waals surface area contributed by atoms with Crippen LogP contribution in [-0.4, -0.2) is 17.6 Å². The zero-order valence-electron chi connectivity index (χ0n) is 11.3. The normalized spacial score (nSPS) is 12.4. The Labute approximate surface area is 109 Å². The summed E-state index contributed by atoms with van der Waals surface area (Å²) in [4.78, 5) is 15.3. The van der Waals surface area contributed by atoms with Crippen molar-refractivity contribution in [1.29, 1.82) is 0 Å². The molecule has 1 aromatic rings. The Morgan fingerprint density at radius 1 is 1.26 bits per heavy atom. The average Bonchev–Trinajstić information content (AvgIpc) is 2.26. The number of carbonyl (C=O) groups is 1. The molecule has 0 N–H and O–H groups in total. The van der Waals surface area contributed by atoms with Gasteiger partial charge in [-0.05, 0) is 19.1 Å². The van der Waals surface area contributed by atoms with Crippen LogP contribution in [-0.2, 0) is 16.3 Å². The molecule has 0 spiro atoms. The van der Waals surface area contributed by atoms with Gasteiger partial charge in [0.15, 0.2) is 0 Å². The first-order valence-corrected chi connectivity index (χ1v) is 5.83. The van der Waals surface area contributed by atoms with Gasteiger partial charge >= 0.3 is 12.1 Å². The first kappa shape index (κ1) is 15.5. The van der Waals surface area contributed by atoms with Gasteiger partial charge in [0.25, 0.3) is 0 Å². The predicted octanol–water partition coefficient (Wildman–Crippen LogP) is 3.57. The number of alkyl halides is 3. The number of ether oxygens (including phenoxy) is 1. The van der Waals surface area contributed by atoms with Crippen molar-refractivity contribution in [1.82, 2.24) is 4.98 Å². The summed E-state index contributed by atoms with van der Waals surface area (Å²) >= 11 is 0. The van der Waals surface area contributed by atoms with E-state index in [4.69, 9.17) is 4.74 Å². The van der Waals surface area contributed by atoms with Gasteiger partial charge in [-0.15, -0.1) is 0 Å². The number of carbonyl (C=O) groups excluding carboxylic acids is 1. The minimum absolute atomic E-state index is 0.0716. The van der Waals surface area contributed by atoms with Crippen molar-refractivity contribution in [3.05, 3.63) is 29.1 Å². The maximum atomic E-state index is 12.7. The third-order valence-electron chi connectivity index (χ3n) is 2.39. The van der Waals surface area contributed by atoms with Crippen LogP contribution >= 0.6 is 0 Å². The lowest BCUT2D eigenvalue weighted by Crippen LogP contribution is -2.23. The molecule has 0 saturated heterocycles. The van der Waals surface area contributed by atoms with Gasteiger partial charge in [0, 0.05) is 5.41 Å². The minimum atomic E-state index is -4.53. The molecule has 19 heavy (non-hydrogen) atoms. The molecule has 3 nitrogen and oxygen atoms in total. The fraction of sp³-hybridized carbons (Fsp3) is 0.538. The SMILES string of the molecule is CCOC(=O)c1ccc(C(F)(F)F)nc1C(C)(C)C. The van der Waals surface area contributed by atoms with Gasteiger partial charge in [0.2, 0.25) is 0 Å². The van der Waals surface area contributed by atoms with E-state index in [2.05, 4.69) is 4.98 Å². The molecule has 1 heterocycles. The van der Waals surface area contributed by atoms with Crippen LogP contribution in [0.1, 0.15) is 49.4 Å². The standard InChI is InChI=1S/C13H16F3NO2/c1-5-19-11(18)8-6-7-9(13(14,15)16)17-10(8)12(2,3)4/h6-7H,5H2,1-4H3. The molecule has 0 saturated carbocycles. The Kier molecular flexibility index (Phi) is 4.22. The largest absolute Gasteiger partial charge is 0.462 e. The Morgan fingerprint density at radius 3 is 2.26 bits per heavy atom. The molecule has 106 valence electrons. The van der Waals surface area contributed by atoms with E-state index < -0.39 is 23.3 Å². The van der Waals surface area contributed by atoms with E-state index in [0.29, 0.717) is 0 Å². The predicted molar refractivity (Wildman–Crippen MR) is 63.9 cm³/mol. The summed E-state index contributed by atoms with van der Waals surface area (Å²) in [7, 11) is 0. The molecule has 6 heteroatoms. The van der Waals surface area contributed by atoms with Crippen molar-refractivity contribution in [2.24, 2.45) is 0 Å². The number of hydrogen-bond acceptors (Lipinski definition) is 3. The van der Waals surface area contributed by atoms with E-state index in [0.717, 1.165) is 12.1 Å². The highest BCUT2D eigenvalue weighted by Gasteiger charge is 2.35. The average molecular weight is 275 g/mol. The van der Waals surface area contributed by atoms with Crippen LogP contribution in [0.5, 0.6) is 0 Å². The quantitative estimate of drug-likeness (QED) is 0.774. The second kappa shape index (κ2) is 5.19. The zero-order chi connectivity index (χ0) is 14.8. The number of aromatic nitrogens is 1. The summed E-state index contributed by atoms with van der Waals surface area (Å²) in [6.07, 6.45) is -4.53. The molecule has 0 aliphatic rings. The van der Waals surface area contributed by atoms with Crippen molar-refractivity contribution in [2.45, 2.75) is 39.3 Å². The first-order chi connectivity index (χ1) is 8.57. The first-order valence-electron chi connectivity index (χ1n) is 5.83. The minimum Gasteiger partial charge on any atom is -0.462 e. The van der Waals surface area contributed by atoms with Crippen LogP contribution in [0.15, 0.2) is 12.1 Å². The van der Waals surface area contributed by atoms with Crippen LogP contribution in [0.3, 0.4) is 0 Å². The monoisotopic (exact) mass is 275 g/mol. The molecular formula is C13H16F3NO2. The van der Waals surface area contributed by atoms with Crippen molar-refractivity contribution in [3.8, 4) is 0 Å². The van der Waals surface area contributed by atoms with E-state index in [1.807, 2.05) is 0 Å². The summed E-state index contributed by atoms with van der Waals surface area (Å²) in [6, 6.07) is 1.91. The zero-order valence-corrected chi connectivity index (χ0v) is 11.3. The summed E-state index contributed by atoms with van der Waals surface area (Å²) in [5.41, 5.74) is -1.54. The number of rotatable bonds is 2. The van der Waals surface area contributed by atoms with E-state index in [1.165, 1.54) is 0 Å². The lowest BCUT2D eigenvalue weighted by atomic mass is 9.88. The summed E-state index contributed by atoms with van der Waals surface area (Å²) < 4.78 is 42.8. The number of halogens is 3. The third-order valence-corrected chi connectivity index (χ3v) is 2.39. The van der Waals surface area contributed by atoms with Crippen molar-refractivity contribution in [3.63, 3.8) is 0 Å². The highest BCUT2D eigenvalue weighted by Crippen LogP contribution is 2.32. The lowest BCUT2D eigenvalue weighted by molar-refractivity contribution is -0.141. The molecule has 1 aromatic heterocycles. The van der Waals surface area contributed by atoms with Crippen molar-refractivity contribution < 1.29 is 22.7 Å². The Morgan fingerprint density at radius 2 is 1.84 bits per heavy atom. The fourth-order valence-corrected chi connectivity index (χ4v) is 1.56. The van der Waals surface area contributed by atoms with Crippen LogP contribution in [0.2, 0.25) is 0 Å². The third kappa shape index (κ3) is 3.68. The molecule has 0 amide bonds. The molecule has 0 bridgehead atoms. The summed E-state index contributed by atoms with van der Waals surface area (Å²) in [5, 5.41) is 0. The van der Waals surface area contributed by atoms with E-state index >= 15 is 0 Å². The summed E-state index contributed by atoms with van der Waals surface area (Å²) in [5.74, 6) is -0.659. The maximum Gasteiger partial charge on any atom is 0.433 e. The van der Waals surface area contributed by atoms with Crippen LogP contribution in [0.4, 0.5) is 13.2 Å². The van der Waals surface area contributed by atoms with Gasteiger partial charge in [0.05, 0.1) is 17.9 Å². The molecule has 0 aliphatic carbocycles. The highest BCUT2D eigenvalue weighted by atomic mass is 19.4. The second-order valence-corrected chi connectivity index (χ2v) is 5.06. The smallest absolute Gasteiger partial charge is 0.433 e. The number of hydrogen-bond donors (Lipinski definition) is 0. The van der Waals surface area contributed by atoms with Crippen LogP contribution in [0.25, 0.3) is 0 Å². The molecule has 0 aliphatic heterocycles. The fourth-order valence-electron chi connectivity index (χ4n) is 1.56. The van der Waals surface area contributed by atoms with Crippen LogP contribution in [0, 0.1) is 0 Å².